The Morgan fingerprint density at radius 1 is 0.889 bits per heavy atom. The van der Waals surface area contributed by atoms with Crippen molar-refractivity contribution in [3.63, 3.8) is 0 Å². The van der Waals surface area contributed by atoms with Gasteiger partial charge in [-0.25, -0.2) is 15.0 Å². The Kier molecular flexibility index (Phi) is 2.79. The van der Waals surface area contributed by atoms with E-state index in [1.165, 1.54) is 6.33 Å². The fourth-order valence-corrected chi connectivity index (χ4v) is 1.71. The summed E-state index contributed by atoms with van der Waals surface area (Å²) in [5.41, 5.74) is 1.66. The lowest BCUT2D eigenvalue weighted by atomic mass is 10.3. The number of pyridine rings is 2. The maximum absolute atomic E-state index is 4.25. The van der Waals surface area contributed by atoms with Crippen molar-refractivity contribution < 1.29 is 0 Å². The van der Waals surface area contributed by atoms with Crippen molar-refractivity contribution in [3.8, 4) is 0 Å². The Bertz CT molecular complexity index is 648. The van der Waals surface area contributed by atoms with E-state index in [0.29, 0.717) is 12.2 Å². The summed E-state index contributed by atoms with van der Waals surface area (Å²) in [6.45, 7) is 0.627. The molecule has 3 aromatic rings. The third-order valence-electron chi connectivity index (χ3n) is 2.57. The van der Waals surface area contributed by atoms with E-state index >= 15 is 0 Å². The van der Waals surface area contributed by atoms with Crippen LogP contribution in [-0.4, -0.2) is 19.9 Å². The van der Waals surface area contributed by atoms with E-state index in [0.717, 1.165) is 16.9 Å². The first-order chi connectivity index (χ1) is 8.93. The molecular weight excluding hydrogens is 226 g/mol. The molecule has 0 aliphatic heterocycles. The summed E-state index contributed by atoms with van der Waals surface area (Å²) in [4.78, 5) is 16.8. The van der Waals surface area contributed by atoms with Gasteiger partial charge >= 0.3 is 0 Å². The van der Waals surface area contributed by atoms with Gasteiger partial charge in [-0.3, -0.25) is 4.98 Å². The smallest absolute Gasteiger partial charge is 0.164 e. The van der Waals surface area contributed by atoms with E-state index in [2.05, 4.69) is 25.3 Å². The van der Waals surface area contributed by atoms with E-state index in [1.807, 2.05) is 30.3 Å². The van der Waals surface area contributed by atoms with E-state index in [9.17, 15) is 0 Å². The van der Waals surface area contributed by atoms with E-state index < -0.39 is 0 Å². The number of nitrogens with one attached hydrogen (secondary N) is 1. The van der Waals surface area contributed by atoms with Gasteiger partial charge in [-0.2, -0.15) is 0 Å². The fourth-order valence-electron chi connectivity index (χ4n) is 1.71. The fraction of sp³-hybridized carbons (Fsp3) is 0.0769. The highest BCUT2D eigenvalue weighted by Gasteiger charge is 2.03. The Hall–Kier alpha value is -2.56. The molecular formula is C13H11N5. The first-order valence-electron chi connectivity index (χ1n) is 5.63. The number of hydrogen-bond acceptors (Lipinski definition) is 5. The average molecular weight is 237 g/mol. The molecule has 3 heterocycles. The molecule has 0 radical (unpaired) electrons. The predicted molar refractivity (Wildman–Crippen MR) is 68.9 cm³/mol. The third kappa shape index (κ3) is 2.10. The van der Waals surface area contributed by atoms with Crippen molar-refractivity contribution >= 4 is 16.9 Å². The van der Waals surface area contributed by atoms with Gasteiger partial charge in [0.2, 0.25) is 0 Å². The van der Waals surface area contributed by atoms with Crippen LogP contribution in [0.3, 0.4) is 0 Å². The van der Waals surface area contributed by atoms with Gasteiger partial charge in [-0.05, 0) is 24.3 Å². The lowest BCUT2D eigenvalue weighted by Crippen LogP contribution is -2.04. The van der Waals surface area contributed by atoms with Crippen LogP contribution >= 0.6 is 0 Å². The summed E-state index contributed by atoms with van der Waals surface area (Å²) in [5.74, 6) is 0.777. The van der Waals surface area contributed by atoms with Gasteiger partial charge in [0, 0.05) is 12.4 Å². The normalized spacial score (nSPS) is 10.4. The van der Waals surface area contributed by atoms with Gasteiger partial charge in [0.1, 0.15) is 12.1 Å². The summed E-state index contributed by atoms with van der Waals surface area (Å²) in [6.07, 6.45) is 5.00. The minimum atomic E-state index is 0.627. The molecule has 3 rings (SSSR count). The van der Waals surface area contributed by atoms with Crippen LogP contribution in [0.1, 0.15) is 5.69 Å². The molecule has 0 aliphatic rings. The number of nitrogens with zero attached hydrogens (tertiary/aromatic N) is 4. The number of anilines is 1. The topological polar surface area (TPSA) is 63.6 Å². The lowest BCUT2D eigenvalue weighted by molar-refractivity contribution is 1.03. The van der Waals surface area contributed by atoms with Gasteiger partial charge in [0.05, 0.1) is 17.6 Å². The zero-order chi connectivity index (χ0) is 12.2. The standard InChI is InChI=1S/C13H11N5/c1-2-6-14-10(4-1)8-16-13-11-5-3-7-15-12(11)17-9-18-13/h1-7,9H,8H2,(H,15,16,17,18). The number of rotatable bonds is 3. The Balaban J connectivity index is 1.87. The molecule has 3 aromatic heterocycles. The third-order valence-corrected chi connectivity index (χ3v) is 2.57. The van der Waals surface area contributed by atoms with Gasteiger partial charge in [-0.1, -0.05) is 6.07 Å². The average Bonchev–Trinajstić information content (AvgIpc) is 2.46. The second-order valence-electron chi connectivity index (χ2n) is 3.77. The van der Waals surface area contributed by atoms with Crippen molar-refractivity contribution in [1.82, 2.24) is 19.9 Å². The monoisotopic (exact) mass is 237 g/mol. The SMILES string of the molecule is c1ccc(CNc2ncnc3ncccc23)nc1. The van der Waals surface area contributed by atoms with E-state index in [-0.39, 0.29) is 0 Å². The molecule has 18 heavy (non-hydrogen) atoms. The molecule has 0 fully saturated rings. The summed E-state index contributed by atoms with van der Waals surface area (Å²) < 4.78 is 0. The van der Waals surface area contributed by atoms with Gasteiger partial charge in [0.15, 0.2) is 5.65 Å². The molecule has 0 saturated heterocycles. The minimum absolute atomic E-state index is 0.627. The van der Waals surface area contributed by atoms with Crippen molar-refractivity contribution in [1.29, 1.82) is 0 Å². The van der Waals surface area contributed by atoms with Crippen LogP contribution in [0.5, 0.6) is 0 Å². The molecule has 88 valence electrons. The molecule has 0 spiro atoms. The van der Waals surface area contributed by atoms with E-state index in [1.54, 1.807) is 12.4 Å². The molecule has 0 aliphatic carbocycles. The van der Waals surface area contributed by atoms with Crippen LogP contribution in [0.4, 0.5) is 5.82 Å². The Morgan fingerprint density at radius 2 is 1.83 bits per heavy atom. The maximum Gasteiger partial charge on any atom is 0.164 e. The van der Waals surface area contributed by atoms with E-state index in [4.69, 9.17) is 0 Å². The number of fused-ring (bicyclic) bond motifs is 1. The molecule has 0 atom stereocenters. The Labute approximate surface area is 104 Å². The van der Waals surface area contributed by atoms with Gasteiger partial charge < -0.3 is 5.32 Å². The first-order valence-corrected chi connectivity index (χ1v) is 5.63. The van der Waals surface area contributed by atoms with Crippen molar-refractivity contribution in [3.05, 3.63) is 54.7 Å². The van der Waals surface area contributed by atoms with Crippen molar-refractivity contribution in [2.45, 2.75) is 6.54 Å². The lowest BCUT2D eigenvalue weighted by Gasteiger charge is -2.06. The highest BCUT2D eigenvalue weighted by Crippen LogP contribution is 2.16. The van der Waals surface area contributed by atoms with Gasteiger partial charge in [-0.15, -0.1) is 0 Å². The predicted octanol–water partition coefficient (Wildman–Crippen LogP) is 2.03. The molecule has 0 amide bonds. The molecule has 5 heteroatoms. The van der Waals surface area contributed by atoms with Crippen molar-refractivity contribution in [2.24, 2.45) is 0 Å². The summed E-state index contributed by atoms with van der Waals surface area (Å²) >= 11 is 0. The summed E-state index contributed by atoms with van der Waals surface area (Å²) in [6, 6.07) is 9.65. The van der Waals surface area contributed by atoms with Crippen LogP contribution in [0.15, 0.2) is 49.1 Å². The maximum atomic E-state index is 4.25. The van der Waals surface area contributed by atoms with Crippen LogP contribution in [0.2, 0.25) is 0 Å². The number of hydrogen-bond donors (Lipinski definition) is 1. The molecule has 0 bridgehead atoms. The highest BCUT2D eigenvalue weighted by molar-refractivity contribution is 5.85. The minimum Gasteiger partial charge on any atom is -0.364 e. The second-order valence-corrected chi connectivity index (χ2v) is 3.77. The highest BCUT2D eigenvalue weighted by atomic mass is 15.0. The van der Waals surface area contributed by atoms with Crippen LogP contribution in [0, 0.1) is 0 Å². The summed E-state index contributed by atoms with van der Waals surface area (Å²) in [5, 5.41) is 4.16. The Morgan fingerprint density at radius 3 is 2.72 bits per heavy atom. The summed E-state index contributed by atoms with van der Waals surface area (Å²) in [7, 11) is 0. The molecule has 5 nitrogen and oxygen atoms in total. The quantitative estimate of drug-likeness (QED) is 0.755. The molecule has 1 N–H and O–H groups in total. The van der Waals surface area contributed by atoms with Crippen LogP contribution in [-0.2, 0) is 6.54 Å². The second kappa shape index (κ2) is 4.75. The zero-order valence-electron chi connectivity index (χ0n) is 9.61. The molecule has 0 aromatic carbocycles. The number of aromatic nitrogens is 4. The zero-order valence-corrected chi connectivity index (χ0v) is 9.61. The first kappa shape index (κ1) is 10.6. The molecule has 0 saturated carbocycles. The van der Waals surface area contributed by atoms with Crippen molar-refractivity contribution in [2.75, 3.05) is 5.32 Å². The van der Waals surface area contributed by atoms with Crippen LogP contribution < -0.4 is 5.32 Å². The van der Waals surface area contributed by atoms with Gasteiger partial charge in [0.25, 0.3) is 0 Å². The largest absolute Gasteiger partial charge is 0.364 e. The van der Waals surface area contributed by atoms with Crippen LogP contribution in [0.25, 0.3) is 11.0 Å². The molecule has 0 unspecified atom stereocenters.